The van der Waals surface area contributed by atoms with Gasteiger partial charge in [0.2, 0.25) is 0 Å². The maximum absolute atomic E-state index is 11.9. The van der Waals surface area contributed by atoms with Crippen molar-refractivity contribution in [1.82, 2.24) is 4.90 Å². The summed E-state index contributed by atoms with van der Waals surface area (Å²) in [6, 6.07) is 10.9. The van der Waals surface area contributed by atoms with Crippen LogP contribution in [-0.2, 0) is 6.54 Å². The van der Waals surface area contributed by atoms with E-state index < -0.39 is 0 Å². The first-order valence-electron chi connectivity index (χ1n) is 8.60. The number of hydrogen-bond acceptors (Lipinski definition) is 3. The Morgan fingerprint density at radius 3 is 2.64 bits per heavy atom. The highest BCUT2D eigenvalue weighted by molar-refractivity contribution is 6.02. The Morgan fingerprint density at radius 2 is 2.00 bits per heavy atom. The number of nitrogens with one attached hydrogen (secondary N) is 1. The molecule has 3 rings (SSSR count). The van der Waals surface area contributed by atoms with Crippen molar-refractivity contribution in [2.45, 2.75) is 26.3 Å². The van der Waals surface area contributed by atoms with Gasteiger partial charge >= 0.3 is 0 Å². The van der Waals surface area contributed by atoms with Gasteiger partial charge in [-0.1, -0.05) is 19.1 Å². The summed E-state index contributed by atoms with van der Waals surface area (Å²) >= 11 is 0. The van der Waals surface area contributed by atoms with Crippen molar-refractivity contribution in [2.75, 3.05) is 18.4 Å². The highest BCUT2D eigenvalue weighted by Crippen LogP contribution is 2.16. The summed E-state index contributed by atoms with van der Waals surface area (Å²) in [5.41, 5.74) is 7.86. The average molecular weight is 340 g/mol. The van der Waals surface area contributed by atoms with Crippen molar-refractivity contribution in [3.63, 3.8) is 0 Å². The molecule has 1 aromatic heterocycles. The SMILES string of the molecule is CC1CCN(C(N)=NCc2ccc(NC(=O)c3ccco3)cc2)CC1. The fraction of sp³-hybridized carbons (Fsp3) is 0.368. The minimum atomic E-state index is -0.264. The van der Waals surface area contributed by atoms with Crippen LogP contribution in [0.15, 0.2) is 52.1 Å². The summed E-state index contributed by atoms with van der Waals surface area (Å²) in [6.45, 7) is 4.77. The molecule has 3 N–H and O–H groups in total. The zero-order valence-electron chi connectivity index (χ0n) is 14.4. The molecule has 0 saturated carbocycles. The number of nitrogens with two attached hydrogens (primary N) is 1. The number of rotatable bonds is 4. The summed E-state index contributed by atoms with van der Waals surface area (Å²) in [4.78, 5) is 18.6. The lowest BCUT2D eigenvalue weighted by Crippen LogP contribution is -2.42. The lowest BCUT2D eigenvalue weighted by molar-refractivity contribution is 0.0996. The van der Waals surface area contributed by atoms with Gasteiger partial charge < -0.3 is 20.4 Å². The number of guanidine groups is 1. The Morgan fingerprint density at radius 1 is 1.28 bits per heavy atom. The van der Waals surface area contributed by atoms with Crippen molar-refractivity contribution in [3.05, 3.63) is 54.0 Å². The van der Waals surface area contributed by atoms with Gasteiger partial charge in [0, 0.05) is 18.8 Å². The second kappa shape index (κ2) is 7.88. The van der Waals surface area contributed by atoms with Gasteiger partial charge in [0.05, 0.1) is 12.8 Å². The minimum absolute atomic E-state index is 0.264. The fourth-order valence-electron chi connectivity index (χ4n) is 2.80. The molecule has 0 unspecified atom stereocenters. The molecule has 1 fully saturated rings. The topological polar surface area (TPSA) is 83.9 Å². The van der Waals surface area contributed by atoms with Crippen molar-refractivity contribution in [3.8, 4) is 0 Å². The number of piperidine rings is 1. The average Bonchev–Trinajstić information content (AvgIpc) is 3.16. The normalized spacial score (nSPS) is 16.0. The van der Waals surface area contributed by atoms with Gasteiger partial charge in [-0.15, -0.1) is 0 Å². The molecule has 6 heteroatoms. The van der Waals surface area contributed by atoms with Crippen LogP contribution in [0, 0.1) is 5.92 Å². The van der Waals surface area contributed by atoms with Crippen LogP contribution in [-0.4, -0.2) is 29.9 Å². The first kappa shape index (κ1) is 17.1. The van der Waals surface area contributed by atoms with E-state index in [2.05, 4.69) is 22.1 Å². The quantitative estimate of drug-likeness (QED) is 0.662. The standard InChI is InChI=1S/C19H24N4O2/c1-14-8-10-23(11-9-14)19(20)21-13-15-4-6-16(7-5-15)22-18(24)17-3-2-12-25-17/h2-7,12,14H,8-11,13H2,1H3,(H2,20,21)(H,22,24). The van der Waals surface area contributed by atoms with E-state index >= 15 is 0 Å². The molecule has 1 aliphatic rings. The van der Waals surface area contributed by atoms with Crippen molar-refractivity contribution >= 4 is 17.6 Å². The molecule has 0 radical (unpaired) electrons. The Bertz CT molecular complexity index is 714. The number of anilines is 1. The summed E-state index contributed by atoms with van der Waals surface area (Å²) in [5, 5.41) is 2.79. The zero-order valence-corrected chi connectivity index (χ0v) is 14.4. The Kier molecular flexibility index (Phi) is 5.38. The van der Waals surface area contributed by atoms with Crippen LogP contribution in [0.4, 0.5) is 5.69 Å². The second-order valence-electron chi connectivity index (χ2n) is 6.47. The largest absolute Gasteiger partial charge is 0.459 e. The van der Waals surface area contributed by atoms with E-state index in [1.807, 2.05) is 24.3 Å². The van der Waals surface area contributed by atoms with Crippen LogP contribution < -0.4 is 11.1 Å². The summed E-state index contributed by atoms with van der Waals surface area (Å²) in [7, 11) is 0. The first-order chi connectivity index (χ1) is 12.1. The Labute approximate surface area is 147 Å². The van der Waals surface area contributed by atoms with Gasteiger partial charge in [-0.2, -0.15) is 0 Å². The molecule has 1 aromatic carbocycles. The molecule has 0 bridgehead atoms. The third-order valence-corrected chi connectivity index (χ3v) is 4.49. The Balaban J connectivity index is 1.53. The predicted octanol–water partition coefficient (Wildman–Crippen LogP) is 3.08. The lowest BCUT2D eigenvalue weighted by Gasteiger charge is -2.31. The molecule has 1 saturated heterocycles. The van der Waals surface area contributed by atoms with E-state index in [1.165, 1.54) is 19.1 Å². The summed E-state index contributed by atoms with van der Waals surface area (Å²) in [6.07, 6.45) is 3.81. The number of nitrogens with zero attached hydrogens (tertiary/aromatic N) is 2. The molecule has 0 atom stereocenters. The Hall–Kier alpha value is -2.76. The molecule has 1 aliphatic heterocycles. The van der Waals surface area contributed by atoms with Crippen LogP contribution in [0.3, 0.4) is 0 Å². The highest BCUT2D eigenvalue weighted by atomic mass is 16.3. The molecule has 2 heterocycles. The van der Waals surface area contributed by atoms with Crippen LogP contribution in [0.2, 0.25) is 0 Å². The maximum atomic E-state index is 11.9. The molecular weight excluding hydrogens is 316 g/mol. The van der Waals surface area contributed by atoms with Gasteiger partial charge in [-0.3, -0.25) is 4.79 Å². The van der Waals surface area contributed by atoms with Crippen molar-refractivity contribution < 1.29 is 9.21 Å². The number of amides is 1. The summed E-state index contributed by atoms with van der Waals surface area (Å²) in [5.74, 6) is 1.41. The van der Waals surface area contributed by atoms with Gasteiger partial charge in [-0.05, 0) is 48.6 Å². The number of likely N-dealkylation sites (tertiary alicyclic amines) is 1. The van der Waals surface area contributed by atoms with Crippen LogP contribution in [0.25, 0.3) is 0 Å². The molecule has 6 nitrogen and oxygen atoms in total. The first-order valence-corrected chi connectivity index (χ1v) is 8.60. The molecule has 0 aliphatic carbocycles. The van der Waals surface area contributed by atoms with Crippen LogP contribution in [0.5, 0.6) is 0 Å². The van der Waals surface area contributed by atoms with Gasteiger partial charge in [0.1, 0.15) is 0 Å². The highest BCUT2D eigenvalue weighted by Gasteiger charge is 2.16. The van der Waals surface area contributed by atoms with E-state index in [1.54, 1.807) is 12.1 Å². The van der Waals surface area contributed by atoms with Crippen molar-refractivity contribution in [1.29, 1.82) is 0 Å². The number of carbonyl (C=O) groups is 1. The van der Waals surface area contributed by atoms with Gasteiger partial charge in [-0.25, -0.2) is 4.99 Å². The predicted molar refractivity (Wildman–Crippen MR) is 98.4 cm³/mol. The summed E-state index contributed by atoms with van der Waals surface area (Å²) < 4.78 is 5.07. The van der Waals surface area contributed by atoms with Gasteiger partial charge in [0.15, 0.2) is 11.7 Å². The molecule has 25 heavy (non-hydrogen) atoms. The lowest BCUT2D eigenvalue weighted by atomic mass is 10.00. The third-order valence-electron chi connectivity index (χ3n) is 4.49. The number of aliphatic imine (C=N–C) groups is 1. The third kappa shape index (κ3) is 4.62. The monoisotopic (exact) mass is 340 g/mol. The van der Waals surface area contributed by atoms with E-state index in [-0.39, 0.29) is 11.7 Å². The van der Waals surface area contributed by atoms with E-state index in [9.17, 15) is 4.79 Å². The molecule has 0 spiro atoms. The fourth-order valence-corrected chi connectivity index (χ4v) is 2.80. The van der Waals surface area contributed by atoms with Crippen LogP contribution >= 0.6 is 0 Å². The van der Waals surface area contributed by atoms with E-state index in [0.717, 1.165) is 24.6 Å². The molecule has 2 aromatic rings. The van der Waals surface area contributed by atoms with Crippen LogP contribution in [0.1, 0.15) is 35.9 Å². The van der Waals surface area contributed by atoms with E-state index in [0.29, 0.717) is 18.2 Å². The maximum Gasteiger partial charge on any atom is 0.291 e. The smallest absolute Gasteiger partial charge is 0.291 e. The minimum Gasteiger partial charge on any atom is -0.459 e. The molecular formula is C19H24N4O2. The zero-order chi connectivity index (χ0) is 17.6. The van der Waals surface area contributed by atoms with Crippen molar-refractivity contribution in [2.24, 2.45) is 16.6 Å². The molecule has 1 amide bonds. The second-order valence-corrected chi connectivity index (χ2v) is 6.47. The number of hydrogen-bond donors (Lipinski definition) is 2. The number of benzene rings is 1. The van der Waals surface area contributed by atoms with E-state index in [4.69, 9.17) is 10.2 Å². The number of carbonyl (C=O) groups excluding carboxylic acids is 1. The molecule has 132 valence electrons. The van der Waals surface area contributed by atoms with Gasteiger partial charge in [0.25, 0.3) is 5.91 Å². The number of furan rings is 1.